The van der Waals surface area contributed by atoms with Crippen LogP contribution in [0.1, 0.15) is 31.5 Å². The van der Waals surface area contributed by atoms with Gasteiger partial charge in [-0.2, -0.15) is 4.98 Å². The van der Waals surface area contributed by atoms with Crippen LogP contribution in [0.2, 0.25) is 0 Å². The van der Waals surface area contributed by atoms with E-state index in [9.17, 15) is 23.1 Å². The number of amides is 1. The van der Waals surface area contributed by atoms with E-state index in [2.05, 4.69) is 15.3 Å². The number of hydrogen-bond donors (Lipinski definition) is 3. The van der Waals surface area contributed by atoms with Crippen LogP contribution < -0.4 is 10.5 Å². The Morgan fingerprint density at radius 3 is 2.62 bits per heavy atom. The van der Waals surface area contributed by atoms with Gasteiger partial charge in [-0.3, -0.25) is 10.1 Å². The van der Waals surface area contributed by atoms with Crippen LogP contribution >= 0.6 is 11.3 Å². The van der Waals surface area contributed by atoms with E-state index in [-0.39, 0.29) is 11.7 Å². The van der Waals surface area contributed by atoms with Gasteiger partial charge in [-0.15, -0.1) is 11.3 Å². The number of nitrogens with one attached hydrogen (secondary N) is 1. The van der Waals surface area contributed by atoms with E-state index < -0.39 is 37.2 Å². The smallest absolute Gasteiger partial charge is 0.346 e. The average molecular weight is 396 g/mol. The molecule has 12 heteroatoms. The molecule has 0 atom stereocenters. The summed E-state index contributed by atoms with van der Waals surface area (Å²) in [5, 5.41) is 18.2. The minimum atomic E-state index is -4.30. The Morgan fingerprint density at radius 2 is 2.00 bits per heavy atom. The monoisotopic (exact) mass is 396 g/mol. The Balaban J connectivity index is 2.06. The molecule has 0 unspecified atom stereocenters. The number of nitrogens with two attached hydrogens (primary N) is 1. The summed E-state index contributed by atoms with van der Waals surface area (Å²) >= 11 is 0.580. The van der Waals surface area contributed by atoms with Gasteiger partial charge in [-0.05, 0) is 19.9 Å². The first-order valence-corrected chi connectivity index (χ1v) is 9.44. The Morgan fingerprint density at radius 1 is 1.31 bits per heavy atom. The van der Waals surface area contributed by atoms with Gasteiger partial charge in [0.15, 0.2) is 0 Å². The van der Waals surface area contributed by atoms with Crippen molar-refractivity contribution < 1.29 is 27.5 Å². The number of fused-ring (bicyclic) bond motifs is 1. The highest BCUT2D eigenvalue weighted by atomic mass is 32.2. The molecule has 26 heavy (non-hydrogen) atoms. The highest BCUT2D eigenvalue weighted by Crippen LogP contribution is 2.27. The summed E-state index contributed by atoms with van der Waals surface area (Å²) in [4.78, 5) is 30.9. The number of sulfonamides is 1. The summed E-state index contributed by atoms with van der Waals surface area (Å²) < 4.78 is 28.7. The third-order valence-corrected chi connectivity index (χ3v) is 5.47. The largest absolute Gasteiger partial charge is 0.477 e. The molecule has 0 aliphatic heterocycles. The molecule has 0 saturated carbocycles. The molecule has 3 heterocycles. The lowest BCUT2D eigenvalue weighted by molar-refractivity contribution is 0.0697. The van der Waals surface area contributed by atoms with Crippen molar-refractivity contribution in [2.24, 2.45) is 5.14 Å². The van der Waals surface area contributed by atoms with Crippen molar-refractivity contribution >= 4 is 50.3 Å². The molecule has 0 bridgehead atoms. The lowest BCUT2D eigenvalue weighted by Crippen LogP contribution is -2.22. The molecular weight excluding hydrogens is 384 g/mol. The van der Waals surface area contributed by atoms with Crippen LogP contribution in [0.25, 0.3) is 11.1 Å². The number of rotatable bonds is 4. The summed E-state index contributed by atoms with van der Waals surface area (Å²) in [5.41, 5.74) is 0.195. The first-order valence-electron chi connectivity index (χ1n) is 7.01. The zero-order valence-electron chi connectivity index (χ0n) is 13.4. The number of aromatic nitrogens is 2. The molecule has 0 aliphatic rings. The first-order chi connectivity index (χ1) is 12.1. The van der Waals surface area contributed by atoms with Gasteiger partial charge in [-0.25, -0.2) is 23.3 Å². The van der Waals surface area contributed by atoms with E-state index in [1.165, 1.54) is 0 Å². The predicted molar refractivity (Wildman–Crippen MR) is 91.9 cm³/mol. The first kappa shape index (κ1) is 18.0. The van der Waals surface area contributed by atoms with Gasteiger partial charge < -0.3 is 9.52 Å². The predicted octanol–water partition coefficient (Wildman–Crippen LogP) is 1.50. The minimum absolute atomic E-state index is 0.155. The van der Waals surface area contributed by atoms with Gasteiger partial charge >= 0.3 is 5.97 Å². The summed E-state index contributed by atoms with van der Waals surface area (Å²) in [7, 11) is -4.30. The van der Waals surface area contributed by atoms with Crippen molar-refractivity contribution in [1.82, 2.24) is 9.97 Å². The maximum Gasteiger partial charge on any atom is 0.346 e. The van der Waals surface area contributed by atoms with Crippen LogP contribution in [0.15, 0.2) is 20.8 Å². The molecule has 0 radical (unpaired) electrons. The Hall–Kier alpha value is -2.83. The number of hydrogen-bond acceptors (Lipinski definition) is 8. The lowest BCUT2D eigenvalue weighted by atomic mass is 10.2. The van der Waals surface area contributed by atoms with Crippen molar-refractivity contribution in [3.8, 4) is 0 Å². The minimum Gasteiger partial charge on any atom is -0.477 e. The van der Waals surface area contributed by atoms with Gasteiger partial charge in [0.25, 0.3) is 5.91 Å². The number of furan rings is 1. The number of primary sulfonamides is 1. The fraction of sp³-hybridized carbons (Fsp3) is 0.143. The summed E-state index contributed by atoms with van der Waals surface area (Å²) in [6.45, 7) is 3.40. The summed E-state index contributed by atoms with van der Waals surface area (Å²) in [5.74, 6) is -2.01. The molecule has 136 valence electrons. The number of aryl methyl sites for hydroxylation is 2. The number of carboxylic acids is 1. The van der Waals surface area contributed by atoms with Crippen LogP contribution in [0.3, 0.4) is 0 Å². The van der Waals surface area contributed by atoms with Gasteiger partial charge in [0, 0.05) is 5.38 Å². The van der Waals surface area contributed by atoms with E-state index >= 15 is 0 Å². The Bertz CT molecular complexity index is 1160. The molecule has 3 aromatic heterocycles. The number of carbonyl (C=O) groups excluding carboxylic acids is 1. The molecule has 10 nitrogen and oxygen atoms in total. The second kappa shape index (κ2) is 6.16. The van der Waals surface area contributed by atoms with E-state index in [1.807, 2.05) is 0 Å². The third kappa shape index (κ3) is 3.16. The van der Waals surface area contributed by atoms with E-state index in [1.54, 1.807) is 19.9 Å². The standard InChI is InChI=1S/C14H12N4O6S2/c1-5-3-7-6(2)16-14(18-12(7)24-5)17-11(19)9-8(26(15,22)23)4-25-10(9)13(20)21/h3-4H,1-2H3,(H,20,21)(H2,15,22,23)(H,16,17,18,19). The SMILES string of the molecule is Cc1cc2c(C)nc(NC(=O)c3c(S(N)(=O)=O)csc3C(=O)O)nc2o1. The van der Waals surface area contributed by atoms with Crippen LogP contribution in [-0.4, -0.2) is 35.4 Å². The normalized spacial score (nSPS) is 11.7. The number of anilines is 1. The second-order valence-corrected chi connectivity index (χ2v) is 7.73. The van der Waals surface area contributed by atoms with Gasteiger partial charge in [0.05, 0.1) is 16.6 Å². The van der Waals surface area contributed by atoms with Crippen molar-refractivity contribution in [3.63, 3.8) is 0 Å². The van der Waals surface area contributed by atoms with Crippen LogP contribution in [0.4, 0.5) is 5.95 Å². The maximum absolute atomic E-state index is 12.5. The fourth-order valence-electron chi connectivity index (χ4n) is 2.33. The van der Waals surface area contributed by atoms with E-state index in [4.69, 9.17) is 9.56 Å². The van der Waals surface area contributed by atoms with Crippen molar-refractivity contribution in [3.05, 3.63) is 33.3 Å². The zero-order chi connectivity index (χ0) is 19.2. The molecule has 0 aliphatic carbocycles. The number of nitrogens with zero attached hydrogens (tertiary/aromatic N) is 2. The zero-order valence-corrected chi connectivity index (χ0v) is 15.1. The van der Waals surface area contributed by atoms with Gasteiger partial charge in [0.2, 0.25) is 21.7 Å². The van der Waals surface area contributed by atoms with Crippen LogP contribution in [0, 0.1) is 13.8 Å². The lowest BCUT2D eigenvalue weighted by Gasteiger charge is -2.06. The number of aromatic carboxylic acids is 1. The highest BCUT2D eigenvalue weighted by molar-refractivity contribution is 7.89. The molecule has 3 aromatic rings. The van der Waals surface area contributed by atoms with Crippen molar-refractivity contribution in [2.75, 3.05) is 5.32 Å². The molecule has 3 rings (SSSR count). The Kier molecular flexibility index (Phi) is 4.26. The number of carboxylic acid groups (broad SMARTS) is 1. The van der Waals surface area contributed by atoms with E-state index in [0.717, 1.165) is 5.38 Å². The molecule has 4 N–H and O–H groups in total. The van der Waals surface area contributed by atoms with Crippen molar-refractivity contribution in [1.29, 1.82) is 0 Å². The van der Waals surface area contributed by atoms with Crippen LogP contribution in [0.5, 0.6) is 0 Å². The molecule has 0 fully saturated rings. The van der Waals surface area contributed by atoms with Crippen molar-refractivity contribution in [2.45, 2.75) is 18.7 Å². The maximum atomic E-state index is 12.5. The second-order valence-electron chi connectivity index (χ2n) is 5.32. The third-order valence-electron chi connectivity index (χ3n) is 3.42. The molecule has 0 spiro atoms. The molecule has 0 saturated heterocycles. The quantitative estimate of drug-likeness (QED) is 0.596. The van der Waals surface area contributed by atoms with Gasteiger partial charge in [0.1, 0.15) is 15.5 Å². The highest BCUT2D eigenvalue weighted by Gasteiger charge is 2.29. The van der Waals surface area contributed by atoms with Crippen LogP contribution in [-0.2, 0) is 10.0 Å². The topological polar surface area (TPSA) is 165 Å². The summed E-state index contributed by atoms with van der Waals surface area (Å²) in [6.07, 6.45) is 0. The molecular formula is C14H12N4O6S2. The molecule has 0 aromatic carbocycles. The summed E-state index contributed by atoms with van der Waals surface area (Å²) in [6, 6.07) is 1.73. The van der Waals surface area contributed by atoms with Gasteiger partial charge in [-0.1, -0.05) is 0 Å². The van der Waals surface area contributed by atoms with E-state index in [0.29, 0.717) is 28.2 Å². The number of thiophene rings is 1. The molecule has 1 amide bonds. The fourth-order valence-corrected chi connectivity index (χ4v) is 4.32. The Labute approximate surface area is 150 Å². The average Bonchev–Trinajstić information content (AvgIpc) is 3.09. The number of carbonyl (C=O) groups is 2.